The summed E-state index contributed by atoms with van der Waals surface area (Å²) < 4.78 is 26.6. The lowest BCUT2D eigenvalue weighted by Gasteiger charge is -2.15. The molecule has 0 radical (unpaired) electrons. The van der Waals surface area contributed by atoms with Crippen LogP contribution in [-0.4, -0.2) is 47.0 Å². The highest BCUT2D eigenvalue weighted by molar-refractivity contribution is 6.33. The number of ether oxygens (including phenoxy) is 2. The third-order valence-corrected chi connectivity index (χ3v) is 4.85. The standard InChI is InChI=1S/C19H23ClFN5O2/c1-10-6-15(20)17(11(2)16(10)21)25-19-24-12(3)23-18-14(7-22-26(18)19)13(8-27-4)9-28-5/h6-7,13H,8-9H2,1-5H3,(H,23,24,25). The highest BCUT2D eigenvalue weighted by Gasteiger charge is 2.21. The maximum absolute atomic E-state index is 14.4. The van der Waals surface area contributed by atoms with Gasteiger partial charge in [-0.05, 0) is 32.4 Å². The van der Waals surface area contributed by atoms with Crippen LogP contribution >= 0.6 is 11.6 Å². The van der Waals surface area contributed by atoms with Gasteiger partial charge in [-0.15, -0.1) is 0 Å². The molecule has 0 atom stereocenters. The quantitative estimate of drug-likeness (QED) is 0.639. The molecular weight excluding hydrogens is 385 g/mol. The van der Waals surface area contributed by atoms with Gasteiger partial charge in [0.25, 0.3) is 0 Å². The average molecular weight is 408 g/mol. The van der Waals surface area contributed by atoms with Crippen LogP contribution in [0.4, 0.5) is 16.0 Å². The van der Waals surface area contributed by atoms with E-state index >= 15 is 0 Å². The summed E-state index contributed by atoms with van der Waals surface area (Å²) in [5, 5.41) is 7.95. The molecule has 3 aromatic rings. The molecule has 0 fully saturated rings. The van der Waals surface area contributed by atoms with E-state index in [-0.39, 0.29) is 11.7 Å². The summed E-state index contributed by atoms with van der Waals surface area (Å²) in [5.74, 6) is 0.606. The zero-order valence-electron chi connectivity index (χ0n) is 16.5. The highest BCUT2D eigenvalue weighted by atomic mass is 35.5. The summed E-state index contributed by atoms with van der Waals surface area (Å²) in [4.78, 5) is 8.96. The van der Waals surface area contributed by atoms with Crippen molar-refractivity contribution in [2.75, 3.05) is 32.8 Å². The smallest absolute Gasteiger partial charge is 0.232 e. The fraction of sp³-hybridized carbons (Fsp3) is 0.421. The molecule has 0 spiro atoms. The Hall–Kier alpha value is -2.29. The normalized spacial score (nSPS) is 11.6. The van der Waals surface area contributed by atoms with Gasteiger partial charge in [0.05, 0.1) is 30.1 Å². The Bertz CT molecular complexity index is 1000. The van der Waals surface area contributed by atoms with E-state index in [1.165, 1.54) is 0 Å². The number of anilines is 2. The second kappa shape index (κ2) is 8.38. The van der Waals surface area contributed by atoms with Gasteiger partial charge in [0, 0.05) is 31.3 Å². The van der Waals surface area contributed by atoms with Crippen LogP contribution in [0.15, 0.2) is 12.3 Å². The first-order valence-corrected chi connectivity index (χ1v) is 9.17. The number of methoxy groups -OCH3 is 2. The molecule has 2 aromatic heterocycles. The van der Waals surface area contributed by atoms with Crippen LogP contribution < -0.4 is 5.32 Å². The van der Waals surface area contributed by atoms with Crippen molar-refractivity contribution in [2.24, 2.45) is 0 Å². The number of hydrogen-bond donors (Lipinski definition) is 1. The van der Waals surface area contributed by atoms with Crippen molar-refractivity contribution in [3.8, 4) is 0 Å². The molecule has 0 amide bonds. The van der Waals surface area contributed by atoms with Gasteiger partial charge in [0.15, 0.2) is 5.65 Å². The summed E-state index contributed by atoms with van der Waals surface area (Å²) in [5.41, 5.74) is 2.87. The highest BCUT2D eigenvalue weighted by Crippen LogP contribution is 2.32. The summed E-state index contributed by atoms with van der Waals surface area (Å²) in [6.07, 6.45) is 1.72. The van der Waals surface area contributed by atoms with Crippen molar-refractivity contribution in [1.29, 1.82) is 0 Å². The summed E-state index contributed by atoms with van der Waals surface area (Å²) in [7, 11) is 3.27. The molecule has 2 heterocycles. The van der Waals surface area contributed by atoms with E-state index in [0.717, 1.165) is 5.56 Å². The fourth-order valence-electron chi connectivity index (χ4n) is 3.17. The maximum Gasteiger partial charge on any atom is 0.232 e. The minimum atomic E-state index is -0.310. The van der Waals surface area contributed by atoms with Gasteiger partial charge in [-0.25, -0.2) is 9.37 Å². The number of rotatable bonds is 7. The Kier molecular flexibility index (Phi) is 6.12. The predicted octanol–water partition coefficient (Wildman–Crippen LogP) is 3.96. The van der Waals surface area contributed by atoms with Crippen molar-refractivity contribution >= 4 is 28.9 Å². The Morgan fingerprint density at radius 2 is 1.86 bits per heavy atom. The number of halogens is 2. The number of hydrogen-bond acceptors (Lipinski definition) is 6. The Labute approximate surface area is 167 Å². The molecule has 0 aliphatic rings. The van der Waals surface area contributed by atoms with Gasteiger partial charge < -0.3 is 14.8 Å². The molecule has 0 unspecified atom stereocenters. The van der Waals surface area contributed by atoms with E-state index in [4.69, 9.17) is 21.1 Å². The van der Waals surface area contributed by atoms with E-state index < -0.39 is 0 Å². The third-order valence-electron chi connectivity index (χ3n) is 4.55. The van der Waals surface area contributed by atoms with Crippen LogP contribution in [-0.2, 0) is 9.47 Å². The molecule has 1 N–H and O–H groups in total. The summed E-state index contributed by atoms with van der Waals surface area (Å²) in [6, 6.07) is 1.58. The number of aromatic nitrogens is 4. The third kappa shape index (κ3) is 3.80. The SMILES string of the molecule is COCC(COC)c1cnn2c(Nc3c(Cl)cc(C)c(F)c3C)nc(C)nc12. The number of nitrogens with one attached hydrogen (secondary N) is 1. The second-order valence-electron chi connectivity index (χ2n) is 6.65. The topological polar surface area (TPSA) is 73.6 Å². The van der Waals surface area contributed by atoms with Crippen molar-refractivity contribution in [3.05, 3.63) is 45.6 Å². The molecule has 0 aliphatic carbocycles. The van der Waals surface area contributed by atoms with Gasteiger partial charge in [0.2, 0.25) is 5.95 Å². The molecule has 3 rings (SSSR count). The van der Waals surface area contributed by atoms with Crippen molar-refractivity contribution < 1.29 is 13.9 Å². The monoisotopic (exact) mass is 407 g/mol. The molecule has 9 heteroatoms. The molecule has 28 heavy (non-hydrogen) atoms. The molecule has 7 nitrogen and oxygen atoms in total. The largest absolute Gasteiger partial charge is 0.384 e. The number of benzene rings is 1. The summed E-state index contributed by atoms with van der Waals surface area (Å²) in [6.45, 7) is 6.07. The molecule has 0 saturated heterocycles. The van der Waals surface area contributed by atoms with Crippen LogP contribution in [0, 0.1) is 26.6 Å². The van der Waals surface area contributed by atoms with Gasteiger partial charge >= 0.3 is 0 Å². The van der Waals surface area contributed by atoms with Crippen LogP contribution in [0.1, 0.15) is 28.4 Å². The first-order valence-electron chi connectivity index (χ1n) is 8.79. The van der Waals surface area contributed by atoms with Gasteiger partial charge in [0.1, 0.15) is 11.6 Å². The first-order chi connectivity index (χ1) is 13.4. The molecule has 1 aromatic carbocycles. The van der Waals surface area contributed by atoms with E-state index in [0.29, 0.717) is 52.5 Å². The lowest BCUT2D eigenvalue weighted by molar-refractivity contribution is 0.117. The van der Waals surface area contributed by atoms with Crippen LogP contribution in [0.2, 0.25) is 5.02 Å². The Morgan fingerprint density at radius 3 is 2.50 bits per heavy atom. The zero-order valence-corrected chi connectivity index (χ0v) is 17.3. The maximum atomic E-state index is 14.4. The number of aryl methyl sites for hydroxylation is 2. The van der Waals surface area contributed by atoms with Crippen LogP contribution in [0.5, 0.6) is 0 Å². The van der Waals surface area contributed by atoms with Gasteiger partial charge in [-0.3, -0.25) is 0 Å². The van der Waals surface area contributed by atoms with Gasteiger partial charge in [-0.2, -0.15) is 14.6 Å². The molecular formula is C19H23ClFN5O2. The van der Waals surface area contributed by atoms with Crippen molar-refractivity contribution in [3.63, 3.8) is 0 Å². The van der Waals surface area contributed by atoms with Crippen molar-refractivity contribution in [2.45, 2.75) is 26.7 Å². The van der Waals surface area contributed by atoms with E-state index in [9.17, 15) is 4.39 Å². The van der Waals surface area contributed by atoms with E-state index in [1.807, 2.05) is 0 Å². The van der Waals surface area contributed by atoms with Gasteiger partial charge in [-0.1, -0.05) is 11.6 Å². The molecule has 0 bridgehead atoms. The molecule has 150 valence electrons. The van der Waals surface area contributed by atoms with E-state index in [1.54, 1.807) is 51.8 Å². The lowest BCUT2D eigenvalue weighted by atomic mass is 10.0. The Balaban J connectivity index is 2.10. The molecule has 0 aliphatic heterocycles. The summed E-state index contributed by atoms with van der Waals surface area (Å²) >= 11 is 6.35. The Morgan fingerprint density at radius 1 is 1.18 bits per heavy atom. The van der Waals surface area contributed by atoms with Crippen LogP contribution in [0.25, 0.3) is 5.65 Å². The average Bonchev–Trinajstić information content (AvgIpc) is 3.07. The van der Waals surface area contributed by atoms with Crippen LogP contribution in [0.3, 0.4) is 0 Å². The number of nitrogens with zero attached hydrogens (tertiary/aromatic N) is 4. The minimum Gasteiger partial charge on any atom is -0.384 e. The first kappa shape index (κ1) is 20.4. The molecule has 0 saturated carbocycles. The fourth-order valence-corrected chi connectivity index (χ4v) is 3.53. The van der Waals surface area contributed by atoms with E-state index in [2.05, 4.69) is 20.4 Å². The second-order valence-corrected chi connectivity index (χ2v) is 7.06. The number of fused-ring (bicyclic) bond motifs is 1. The zero-order chi connectivity index (χ0) is 20.4. The van der Waals surface area contributed by atoms with Crippen molar-refractivity contribution in [1.82, 2.24) is 19.6 Å². The minimum absolute atomic E-state index is 0.0307. The predicted molar refractivity (Wildman–Crippen MR) is 106 cm³/mol. The lowest BCUT2D eigenvalue weighted by Crippen LogP contribution is -2.13.